The zero-order chi connectivity index (χ0) is 19.4. The summed E-state index contributed by atoms with van der Waals surface area (Å²) in [5, 5.41) is 3.51. The smallest absolute Gasteiger partial charge is 0.255 e. The Morgan fingerprint density at radius 2 is 2.00 bits per heavy atom. The molecule has 0 aliphatic carbocycles. The number of aromatic nitrogens is 1. The van der Waals surface area contributed by atoms with E-state index in [0.717, 1.165) is 44.1 Å². The zero-order valence-electron chi connectivity index (χ0n) is 16.0. The van der Waals surface area contributed by atoms with Crippen LogP contribution in [0.1, 0.15) is 22.8 Å². The molecule has 144 valence electrons. The summed E-state index contributed by atoms with van der Waals surface area (Å²) >= 11 is 6.14. The molecule has 1 aromatic heterocycles. The number of likely N-dealkylation sites (N-methyl/N-ethyl adjacent to an activating group) is 1. The molecule has 1 aliphatic rings. The van der Waals surface area contributed by atoms with Gasteiger partial charge in [-0.05, 0) is 37.2 Å². The highest BCUT2D eigenvalue weighted by molar-refractivity contribution is 6.31. The van der Waals surface area contributed by atoms with Crippen LogP contribution in [0, 0.1) is 6.92 Å². The summed E-state index contributed by atoms with van der Waals surface area (Å²) in [6.07, 6.45) is 1.68. The number of amides is 1. The molecule has 0 saturated carbocycles. The first-order chi connectivity index (χ1) is 13.0. The number of pyridine rings is 1. The fraction of sp³-hybridized carbons (Fsp3) is 0.400. The van der Waals surface area contributed by atoms with Gasteiger partial charge >= 0.3 is 0 Å². The van der Waals surface area contributed by atoms with Crippen LogP contribution in [-0.2, 0) is 0 Å². The predicted molar refractivity (Wildman–Crippen MR) is 109 cm³/mol. The molecule has 0 unspecified atom stereocenters. The van der Waals surface area contributed by atoms with Crippen molar-refractivity contribution in [1.82, 2.24) is 9.88 Å². The maximum absolute atomic E-state index is 12.8. The Hall–Kier alpha value is -2.31. The quantitative estimate of drug-likeness (QED) is 0.850. The van der Waals surface area contributed by atoms with E-state index in [1.807, 2.05) is 19.1 Å². The normalized spacial score (nSPS) is 14.9. The minimum absolute atomic E-state index is 0.203. The molecule has 3 rings (SSSR count). The summed E-state index contributed by atoms with van der Waals surface area (Å²) in [6.45, 7) is 8.97. The Morgan fingerprint density at radius 1 is 1.26 bits per heavy atom. The van der Waals surface area contributed by atoms with Crippen molar-refractivity contribution in [2.24, 2.45) is 0 Å². The average molecular weight is 389 g/mol. The topological polar surface area (TPSA) is 57.7 Å². The van der Waals surface area contributed by atoms with Gasteiger partial charge in [0.25, 0.3) is 5.91 Å². The number of hydrogen-bond acceptors (Lipinski definition) is 5. The van der Waals surface area contributed by atoms with Crippen molar-refractivity contribution in [1.29, 1.82) is 0 Å². The van der Waals surface area contributed by atoms with Crippen LogP contribution in [0.15, 0.2) is 30.5 Å². The second-order valence-corrected chi connectivity index (χ2v) is 6.99. The van der Waals surface area contributed by atoms with E-state index in [-0.39, 0.29) is 5.91 Å². The number of rotatable bonds is 5. The molecule has 1 N–H and O–H groups in total. The number of carbonyl (C=O) groups is 1. The molecule has 1 aromatic carbocycles. The van der Waals surface area contributed by atoms with Crippen molar-refractivity contribution in [3.8, 4) is 5.75 Å². The minimum Gasteiger partial charge on any atom is -0.495 e. The highest BCUT2D eigenvalue weighted by Crippen LogP contribution is 2.31. The average Bonchev–Trinajstić information content (AvgIpc) is 2.70. The number of benzene rings is 1. The second-order valence-electron chi connectivity index (χ2n) is 6.58. The molecule has 1 fully saturated rings. The predicted octanol–water partition coefficient (Wildman–Crippen LogP) is 3.45. The van der Waals surface area contributed by atoms with Gasteiger partial charge in [-0.2, -0.15) is 0 Å². The maximum atomic E-state index is 12.8. The van der Waals surface area contributed by atoms with Crippen molar-refractivity contribution < 1.29 is 9.53 Å². The number of ether oxygens (including phenoxy) is 1. The molecule has 1 amide bonds. The molecule has 1 saturated heterocycles. The number of halogens is 1. The van der Waals surface area contributed by atoms with E-state index in [2.05, 4.69) is 27.0 Å². The van der Waals surface area contributed by atoms with Crippen LogP contribution >= 0.6 is 11.6 Å². The standard InChI is InChI=1S/C20H25ClN4O2/c1-4-24-7-9-25(10-8-24)19-12-15(5-6-22-19)20(26)23-17-11-14(2)16(21)13-18(17)27-3/h5-6,11-13H,4,7-10H2,1-3H3,(H,23,26). The lowest BCUT2D eigenvalue weighted by molar-refractivity contribution is 0.102. The summed E-state index contributed by atoms with van der Waals surface area (Å²) in [7, 11) is 1.55. The third-order valence-corrected chi connectivity index (χ3v) is 5.29. The molecular weight excluding hydrogens is 364 g/mol. The number of piperazine rings is 1. The lowest BCUT2D eigenvalue weighted by Crippen LogP contribution is -2.46. The highest BCUT2D eigenvalue weighted by Gasteiger charge is 2.18. The number of anilines is 2. The molecule has 0 spiro atoms. The number of hydrogen-bond donors (Lipinski definition) is 1. The monoisotopic (exact) mass is 388 g/mol. The Kier molecular flexibility index (Phi) is 6.19. The molecule has 0 bridgehead atoms. The van der Waals surface area contributed by atoms with Gasteiger partial charge in [0.05, 0.1) is 12.8 Å². The van der Waals surface area contributed by atoms with Gasteiger partial charge in [0.1, 0.15) is 11.6 Å². The van der Waals surface area contributed by atoms with Crippen LogP contribution in [0.5, 0.6) is 5.75 Å². The summed E-state index contributed by atoms with van der Waals surface area (Å²) in [6, 6.07) is 7.07. The molecule has 0 atom stereocenters. The number of methoxy groups -OCH3 is 1. The van der Waals surface area contributed by atoms with Gasteiger partial charge in [0, 0.05) is 49.0 Å². The fourth-order valence-corrected chi connectivity index (χ4v) is 3.30. The first kappa shape index (κ1) is 19.5. The summed E-state index contributed by atoms with van der Waals surface area (Å²) in [4.78, 5) is 21.8. The summed E-state index contributed by atoms with van der Waals surface area (Å²) < 4.78 is 5.33. The third kappa shape index (κ3) is 4.51. The number of nitrogens with zero attached hydrogens (tertiary/aromatic N) is 3. The summed E-state index contributed by atoms with van der Waals surface area (Å²) in [5.74, 6) is 1.16. The largest absolute Gasteiger partial charge is 0.495 e. The van der Waals surface area contributed by atoms with Gasteiger partial charge in [-0.15, -0.1) is 0 Å². The fourth-order valence-electron chi connectivity index (χ4n) is 3.15. The lowest BCUT2D eigenvalue weighted by atomic mass is 10.1. The molecule has 0 radical (unpaired) electrons. The molecule has 6 nitrogen and oxygen atoms in total. The van der Waals surface area contributed by atoms with E-state index >= 15 is 0 Å². The zero-order valence-corrected chi connectivity index (χ0v) is 16.7. The van der Waals surface area contributed by atoms with E-state index in [4.69, 9.17) is 16.3 Å². The minimum atomic E-state index is -0.203. The highest BCUT2D eigenvalue weighted by atomic mass is 35.5. The van der Waals surface area contributed by atoms with Crippen LogP contribution in [0.25, 0.3) is 0 Å². The van der Waals surface area contributed by atoms with Crippen molar-refractivity contribution in [3.63, 3.8) is 0 Å². The van der Waals surface area contributed by atoms with Gasteiger partial charge in [0.15, 0.2) is 0 Å². The molecule has 7 heteroatoms. The number of aryl methyl sites for hydroxylation is 1. The van der Waals surface area contributed by atoms with Gasteiger partial charge in [-0.1, -0.05) is 18.5 Å². The second kappa shape index (κ2) is 8.59. The van der Waals surface area contributed by atoms with Gasteiger partial charge < -0.3 is 19.9 Å². The van der Waals surface area contributed by atoms with E-state index in [9.17, 15) is 4.79 Å². The van der Waals surface area contributed by atoms with Crippen molar-refractivity contribution in [2.45, 2.75) is 13.8 Å². The van der Waals surface area contributed by atoms with Gasteiger partial charge in [0.2, 0.25) is 0 Å². The van der Waals surface area contributed by atoms with E-state index in [0.29, 0.717) is 22.0 Å². The van der Waals surface area contributed by atoms with Crippen LogP contribution in [0.2, 0.25) is 5.02 Å². The lowest BCUT2D eigenvalue weighted by Gasteiger charge is -2.34. The number of carbonyl (C=O) groups excluding carboxylic acids is 1. The van der Waals surface area contributed by atoms with Crippen molar-refractivity contribution in [2.75, 3.05) is 50.1 Å². The molecule has 2 heterocycles. The van der Waals surface area contributed by atoms with E-state index in [1.54, 1.807) is 25.4 Å². The molecule has 2 aromatic rings. The Labute approximate surface area is 165 Å². The Bertz CT molecular complexity index is 820. The molecule has 27 heavy (non-hydrogen) atoms. The van der Waals surface area contributed by atoms with Crippen LogP contribution < -0.4 is 15.0 Å². The van der Waals surface area contributed by atoms with Crippen molar-refractivity contribution in [3.05, 3.63) is 46.6 Å². The van der Waals surface area contributed by atoms with E-state index < -0.39 is 0 Å². The van der Waals surface area contributed by atoms with Gasteiger partial charge in [-0.3, -0.25) is 4.79 Å². The number of nitrogens with one attached hydrogen (secondary N) is 1. The van der Waals surface area contributed by atoms with Crippen LogP contribution in [-0.4, -0.2) is 55.6 Å². The van der Waals surface area contributed by atoms with Crippen molar-refractivity contribution >= 4 is 29.0 Å². The van der Waals surface area contributed by atoms with E-state index in [1.165, 1.54) is 0 Å². The SMILES string of the molecule is CCN1CCN(c2cc(C(=O)Nc3cc(C)c(Cl)cc3OC)ccn2)CC1. The first-order valence-corrected chi connectivity index (χ1v) is 9.48. The van der Waals surface area contributed by atoms with Gasteiger partial charge in [-0.25, -0.2) is 4.98 Å². The molecule has 1 aliphatic heterocycles. The molecular formula is C20H25ClN4O2. The first-order valence-electron chi connectivity index (χ1n) is 9.10. The Balaban J connectivity index is 1.76. The maximum Gasteiger partial charge on any atom is 0.255 e. The Morgan fingerprint density at radius 3 is 2.67 bits per heavy atom. The summed E-state index contributed by atoms with van der Waals surface area (Å²) in [5.41, 5.74) is 2.03. The third-order valence-electron chi connectivity index (χ3n) is 4.88. The van der Waals surface area contributed by atoms with Crippen LogP contribution in [0.4, 0.5) is 11.5 Å². The van der Waals surface area contributed by atoms with Crippen LogP contribution in [0.3, 0.4) is 0 Å².